The molecule has 3 heterocycles. The molecule has 1 fully saturated rings. The predicted octanol–water partition coefficient (Wildman–Crippen LogP) is 4.32. The standard InChI is InChI=1S/C22H29N5OS/c1-15(2)19-14-25-22-18(24-13-16-6-4-5-7-20(16)28-3)12-21(26-27(19)22)29-17-8-10-23-11-9-17/h4-7,12,14-15,17,23-24H,8-11,13H2,1-3H3. The number of hydrogen-bond acceptors (Lipinski definition) is 6. The monoisotopic (exact) mass is 411 g/mol. The van der Waals surface area contributed by atoms with Crippen LogP contribution in [0.25, 0.3) is 5.65 Å². The molecular weight excluding hydrogens is 382 g/mol. The van der Waals surface area contributed by atoms with Crippen LogP contribution in [-0.2, 0) is 6.54 Å². The first-order valence-corrected chi connectivity index (χ1v) is 11.2. The summed E-state index contributed by atoms with van der Waals surface area (Å²) < 4.78 is 7.51. The highest BCUT2D eigenvalue weighted by molar-refractivity contribution is 7.99. The highest BCUT2D eigenvalue weighted by Gasteiger charge is 2.19. The molecule has 0 atom stereocenters. The molecule has 4 rings (SSSR count). The number of aromatic nitrogens is 3. The average Bonchev–Trinajstić information content (AvgIpc) is 3.17. The van der Waals surface area contributed by atoms with Crippen molar-refractivity contribution >= 4 is 23.1 Å². The van der Waals surface area contributed by atoms with Crippen LogP contribution in [-0.4, -0.2) is 40.0 Å². The lowest BCUT2D eigenvalue weighted by atomic mass is 10.1. The Balaban J connectivity index is 1.65. The minimum absolute atomic E-state index is 0.360. The summed E-state index contributed by atoms with van der Waals surface area (Å²) in [6.07, 6.45) is 4.30. The van der Waals surface area contributed by atoms with E-state index in [2.05, 4.69) is 41.6 Å². The van der Waals surface area contributed by atoms with Gasteiger partial charge in [-0.05, 0) is 44.0 Å². The number of nitrogens with zero attached hydrogens (tertiary/aromatic N) is 3. The number of anilines is 1. The van der Waals surface area contributed by atoms with Gasteiger partial charge in [-0.25, -0.2) is 9.50 Å². The highest BCUT2D eigenvalue weighted by Crippen LogP contribution is 2.31. The average molecular weight is 412 g/mol. The summed E-state index contributed by atoms with van der Waals surface area (Å²) in [5.74, 6) is 1.25. The van der Waals surface area contributed by atoms with Gasteiger partial charge in [0.25, 0.3) is 0 Å². The molecule has 1 aliphatic heterocycles. The summed E-state index contributed by atoms with van der Waals surface area (Å²) >= 11 is 1.88. The van der Waals surface area contributed by atoms with E-state index < -0.39 is 0 Å². The van der Waals surface area contributed by atoms with Gasteiger partial charge in [0, 0.05) is 17.4 Å². The Morgan fingerprint density at radius 3 is 2.83 bits per heavy atom. The zero-order chi connectivity index (χ0) is 20.2. The lowest BCUT2D eigenvalue weighted by Crippen LogP contribution is -2.29. The Morgan fingerprint density at radius 2 is 2.07 bits per heavy atom. The molecule has 0 unspecified atom stereocenters. The number of ether oxygens (including phenoxy) is 1. The maximum Gasteiger partial charge on any atom is 0.177 e. The smallest absolute Gasteiger partial charge is 0.177 e. The summed E-state index contributed by atoms with van der Waals surface area (Å²) in [7, 11) is 1.71. The van der Waals surface area contributed by atoms with Crippen LogP contribution in [0.3, 0.4) is 0 Å². The Hall–Kier alpha value is -2.25. The van der Waals surface area contributed by atoms with Crippen molar-refractivity contribution in [3.63, 3.8) is 0 Å². The first-order chi connectivity index (χ1) is 14.2. The van der Waals surface area contributed by atoms with Gasteiger partial charge in [0.05, 0.1) is 24.7 Å². The molecule has 0 radical (unpaired) electrons. The minimum atomic E-state index is 0.360. The fourth-order valence-corrected chi connectivity index (χ4v) is 4.80. The molecule has 0 saturated carbocycles. The van der Waals surface area contributed by atoms with Crippen LogP contribution in [0, 0.1) is 0 Å². The molecular formula is C22H29N5OS. The van der Waals surface area contributed by atoms with Crippen molar-refractivity contribution in [1.82, 2.24) is 19.9 Å². The van der Waals surface area contributed by atoms with E-state index in [4.69, 9.17) is 9.84 Å². The fraction of sp³-hybridized carbons (Fsp3) is 0.455. The van der Waals surface area contributed by atoms with E-state index in [0.29, 0.717) is 17.7 Å². The van der Waals surface area contributed by atoms with Gasteiger partial charge in [0.2, 0.25) is 0 Å². The van der Waals surface area contributed by atoms with Crippen molar-refractivity contribution in [2.45, 2.75) is 49.4 Å². The zero-order valence-electron chi connectivity index (χ0n) is 17.3. The fourth-order valence-electron chi connectivity index (χ4n) is 3.67. The van der Waals surface area contributed by atoms with Gasteiger partial charge in [-0.1, -0.05) is 32.0 Å². The summed E-state index contributed by atoms with van der Waals surface area (Å²) in [5, 5.41) is 13.6. The van der Waals surface area contributed by atoms with Crippen molar-refractivity contribution in [2.75, 3.05) is 25.5 Å². The van der Waals surface area contributed by atoms with Crippen molar-refractivity contribution in [2.24, 2.45) is 0 Å². The van der Waals surface area contributed by atoms with Crippen LogP contribution in [0.15, 0.2) is 41.6 Å². The SMILES string of the molecule is COc1ccccc1CNc1cc(SC2CCNCC2)nn2c(C(C)C)cnc12. The van der Waals surface area contributed by atoms with Crippen molar-refractivity contribution in [3.8, 4) is 5.75 Å². The van der Waals surface area contributed by atoms with E-state index in [1.807, 2.05) is 40.7 Å². The number of hydrogen-bond donors (Lipinski definition) is 2. The molecule has 1 saturated heterocycles. The summed E-state index contributed by atoms with van der Waals surface area (Å²) in [5.41, 5.74) is 4.13. The molecule has 154 valence electrons. The van der Waals surface area contributed by atoms with Crippen LogP contribution in [0.1, 0.15) is 43.9 Å². The number of fused-ring (bicyclic) bond motifs is 1. The molecule has 6 nitrogen and oxygen atoms in total. The third-order valence-electron chi connectivity index (χ3n) is 5.30. The normalized spacial score (nSPS) is 15.2. The molecule has 2 N–H and O–H groups in total. The van der Waals surface area contributed by atoms with Gasteiger partial charge in [0.15, 0.2) is 5.65 Å². The third-order valence-corrected chi connectivity index (χ3v) is 6.54. The van der Waals surface area contributed by atoms with Crippen LogP contribution >= 0.6 is 11.8 Å². The topological polar surface area (TPSA) is 63.5 Å². The molecule has 0 amide bonds. The first-order valence-electron chi connectivity index (χ1n) is 10.3. The van der Waals surface area contributed by atoms with E-state index in [1.54, 1.807) is 7.11 Å². The maximum atomic E-state index is 5.50. The first kappa shape index (κ1) is 20.0. The zero-order valence-corrected chi connectivity index (χ0v) is 18.1. The molecule has 29 heavy (non-hydrogen) atoms. The third kappa shape index (κ3) is 4.51. The quantitative estimate of drug-likeness (QED) is 0.604. The van der Waals surface area contributed by atoms with Gasteiger partial charge < -0.3 is 15.4 Å². The Kier molecular flexibility index (Phi) is 6.25. The molecule has 1 aromatic carbocycles. The predicted molar refractivity (Wildman–Crippen MR) is 119 cm³/mol. The molecule has 3 aromatic rings. The second-order valence-corrected chi connectivity index (χ2v) is 9.02. The Morgan fingerprint density at radius 1 is 1.28 bits per heavy atom. The summed E-state index contributed by atoms with van der Waals surface area (Å²) in [6.45, 7) is 7.20. The number of methoxy groups -OCH3 is 1. The highest BCUT2D eigenvalue weighted by atomic mass is 32.2. The van der Waals surface area contributed by atoms with Crippen molar-refractivity contribution < 1.29 is 4.74 Å². The number of benzene rings is 1. The number of thioether (sulfide) groups is 1. The van der Waals surface area contributed by atoms with Gasteiger partial charge in [-0.3, -0.25) is 0 Å². The van der Waals surface area contributed by atoms with Crippen LogP contribution < -0.4 is 15.4 Å². The number of rotatable bonds is 7. The molecule has 0 spiro atoms. The van der Waals surface area contributed by atoms with E-state index in [1.165, 1.54) is 12.8 Å². The van der Waals surface area contributed by atoms with Crippen LogP contribution in [0.4, 0.5) is 5.69 Å². The van der Waals surface area contributed by atoms with Gasteiger partial charge in [-0.2, -0.15) is 5.10 Å². The molecule has 1 aliphatic rings. The van der Waals surface area contributed by atoms with E-state index in [0.717, 1.165) is 46.5 Å². The second-order valence-electron chi connectivity index (χ2n) is 7.70. The summed E-state index contributed by atoms with van der Waals surface area (Å²) in [6, 6.07) is 10.2. The Labute approximate surface area is 176 Å². The lowest BCUT2D eigenvalue weighted by molar-refractivity contribution is 0.410. The van der Waals surface area contributed by atoms with Crippen molar-refractivity contribution in [1.29, 1.82) is 0 Å². The molecule has 0 bridgehead atoms. The minimum Gasteiger partial charge on any atom is -0.496 e. The van der Waals surface area contributed by atoms with Gasteiger partial charge in [0.1, 0.15) is 10.8 Å². The van der Waals surface area contributed by atoms with Gasteiger partial charge >= 0.3 is 0 Å². The van der Waals surface area contributed by atoms with E-state index in [-0.39, 0.29) is 0 Å². The second kappa shape index (κ2) is 9.05. The van der Waals surface area contributed by atoms with E-state index in [9.17, 15) is 0 Å². The Bertz CT molecular complexity index is 965. The molecule has 2 aromatic heterocycles. The largest absolute Gasteiger partial charge is 0.496 e. The van der Waals surface area contributed by atoms with Crippen LogP contribution in [0.5, 0.6) is 5.75 Å². The van der Waals surface area contributed by atoms with Crippen molar-refractivity contribution in [3.05, 3.63) is 47.8 Å². The molecule has 7 heteroatoms. The maximum absolute atomic E-state index is 5.50. The van der Waals surface area contributed by atoms with Crippen LogP contribution in [0.2, 0.25) is 0 Å². The lowest BCUT2D eigenvalue weighted by Gasteiger charge is -2.22. The summed E-state index contributed by atoms with van der Waals surface area (Å²) in [4.78, 5) is 4.67. The number of para-hydroxylation sites is 1. The molecule has 0 aliphatic carbocycles. The number of piperidine rings is 1. The van der Waals surface area contributed by atoms with E-state index >= 15 is 0 Å². The number of imidazole rings is 1. The van der Waals surface area contributed by atoms with Gasteiger partial charge in [-0.15, -0.1) is 11.8 Å². The number of nitrogens with one attached hydrogen (secondary N) is 2.